The van der Waals surface area contributed by atoms with Crippen molar-refractivity contribution in [1.29, 1.82) is 0 Å². The van der Waals surface area contributed by atoms with Crippen LogP contribution in [0.5, 0.6) is 0 Å². The molecule has 4 aliphatic heterocycles. The van der Waals surface area contributed by atoms with Gasteiger partial charge in [0.25, 0.3) is 0 Å². The number of alkyl halides is 1. The standard InChI is InChI=1S/C20H28BrN3O4.C19H25N3O3.BHNS/c1-17-4-5-18(10-25)8-11-15(21)16(27)12(23-24-22)9-19(11)6-7-20(18,28-19)13(17)2-3-14(17)26;1-17-5-4-11-8-12-9-14(23)13(21-22-20)10-18(12)6-7-19(11,25-18)15(17)2-3-16(17)24;1-2-3/h8,12-16,25-27H,2-7,9-10H2,1H3;8-9,13-16,23-24H,2-7,10H2,1H3;3H/t12-,13+,14-,15-,16+,17-,18+,19+,20-;13-,14?,15+,16-,17-,18+,19+;/m00./s1. The van der Waals surface area contributed by atoms with Crippen LogP contribution in [0.25, 0.3) is 20.9 Å². The number of azide groups is 2. The number of hydrogen-bond donors (Lipinski definition) is 6. The van der Waals surface area contributed by atoms with Crippen LogP contribution < -0.4 is 0 Å². The second-order valence-electron chi connectivity index (χ2n) is 18.9. The van der Waals surface area contributed by atoms with Crippen molar-refractivity contribution in [3.8, 4) is 0 Å². The molecule has 14 nitrogen and oxygen atoms in total. The topological polar surface area (TPSA) is 229 Å². The molecule has 56 heavy (non-hydrogen) atoms. The van der Waals surface area contributed by atoms with Gasteiger partial charge in [-0.25, -0.2) is 0 Å². The van der Waals surface area contributed by atoms with E-state index >= 15 is 0 Å². The molecule has 7 fully saturated rings. The molecule has 0 aromatic heterocycles. The van der Waals surface area contributed by atoms with Crippen molar-refractivity contribution in [2.24, 2.45) is 42.6 Å². The summed E-state index contributed by atoms with van der Waals surface area (Å²) in [6.07, 6.45) is 15.7. The zero-order chi connectivity index (χ0) is 40.1. The van der Waals surface area contributed by atoms with Crippen LogP contribution in [0, 0.1) is 28.1 Å². The fraction of sp³-hybridized carbons (Fsp3) is 0.846. The monoisotopic (exact) mass is 854 g/mol. The number of nitrogens with zero attached hydrogens (tertiary/aromatic N) is 7. The van der Waals surface area contributed by atoms with Crippen molar-refractivity contribution < 1.29 is 35.0 Å². The molecule has 0 amide bonds. The Kier molecular flexibility index (Phi) is 10.4. The average Bonchev–Trinajstić information content (AvgIpc) is 3.88. The zero-order valence-electron chi connectivity index (χ0n) is 32.1. The number of rotatable bonds is 3. The van der Waals surface area contributed by atoms with Gasteiger partial charge in [0, 0.05) is 15.2 Å². The van der Waals surface area contributed by atoms with Gasteiger partial charge in [0.05, 0.1) is 70.3 Å². The summed E-state index contributed by atoms with van der Waals surface area (Å²) in [7, 11) is 4.34. The fourth-order valence-electron chi connectivity index (χ4n) is 14.1. The maximum atomic E-state index is 10.7. The molecule has 6 aliphatic carbocycles. The van der Waals surface area contributed by atoms with Crippen molar-refractivity contribution in [2.45, 2.75) is 167 Å². The van der Waals surface area contributed by atoms with Crippen LogP contribution in [0.3, 0.4) is 0 Å². The van der Waals surface area contributed by atoms with E-state index in [1.54, 1.807) is 0 Å². The van der Waals surface area contributed by atoms with Crippen LogP contribution in [0.4, 0.5) is 0 Å². The molecule has 0 aromatic carbocycles. The molecular formula is C39H54BBrN7O7S. The summed E-state index contributed by atoms with van der Waals surface area (Å²) in [6.45, 7) is 4.42. The van der Waals surface area contributed by atoms with E-state index in [0.29, 0.717) is 18.8 Å². The van der Waals surface area contributed by atoms with Gasteiger partial charge in [-0.1, -0.05) is 52.2 Å². The fourth-order valence-corrected chi connectivity index (χ4v) is 15.0. The molecule has 16 atom stereocenters. The zero-order valence-corrected chi connectivity index (χ0v) is 34.6. The SMILES string of the molecule is C[C@]12CCC3=CC4=CC(O)[C@@H](N=[N+]=[N-])C[C@]45CC[C@]3(O5)[C@@H]1CC[C@@H]2O.C[C@]12CC[C@]3(CO)C=C4[C@H](Br)[C@H](O)[C@@H](N=[N+]=[N-])C[C@]45CC[C@]3(O5)[C@@H]1CC[C@@H]2O.[B]=NS. The number of hydrogen-bond acceptors (Lipinski definition) is 11. The Bertz CT molecular complexity index is 1850. The molecule has 17 heteroatoms. The summed E-state index contributed by atoms with van der Waals surface area (Å²) < 4.78 is 16.6. The Balaban J connectivity index is 0.000000148. The van der Waals surface area contributed by atoms with Gasteiger partial charge >= 0.3 is 24.8 Å². The molecule has 303 valence electrons. The first kappa shape index (κ1) is 41.0. The molecule has 2 saturated heterocycles. The summed E-state index contributed by atoms with van der Waals surface area (Å²) in [5, 5.41) is 60.6. The Morgan fingerprint density at radius 3 is 2.16 bits per heavy atom. The first-order valence-electron chi connectivity index (χ1n) is 20.3. The Morgan fingerprint density at radius 2 is 1.48 bits per heavy atom. The minimum atomic E-state index is -0.817. The third-order valence-electron chi connectivity index (χ3n) is 17.0. The van der Waals surface area contributed by atoms with Gasteiger partial charge in [0.15, 0.2) is 0 Å². The van der Waals surface area contributed by atoms with E-state index in [9.17, 15) is 25.5 Å². The van der Waals surface area contributed by atoms with Gasteiger partial charge < -0.3 is 35.0 Å². The number of halogens is 1. The number of aliphatic hydroxyl groups is 5. The van der Waals surface area contributed by atoms with Gasteiger partial charge in [0.1, 0.15) is 0 Å². The van der Waals surface area contributed by atoms with Crippen molar-refractivity contribution in [2.75, 3.05) is 6.61 Å². The minimum absolute atomic E-state index is 0.00481. The van der Waals surface area contributed by atoms with E-state index in [0.717, 1.165) is 88.2 Å². The molecule has 1 unspecified atom stereocenters. The van der Waals surface area contributed by atoms with Crippen LogP contribution >= 0.6 is 28.7 Å². The van der Waals surface area contributed by atoms with E-state index in [1.165, 1.54) is 5.57 Å². The van der Waals surface area contributed by atoms with Gasteiger partial charge in [-0.05, 0) is 146 Å². The third kappa shape index (κ3) is 5.48. The summed E-state index contributed by atoms with van der Waals surface area (Å²) in [6, 6.07) is -1.02. The molecular weight excluding hydrogens is 801 g/mol. The average molecular weight is 856 g/mol. The van der Waals surface area contributed by atoms with Gasteiger partial charge in [-0.3, -0.25) is 0 Å². The van der Waals surface area contributed by atoms with Crippen molar-refractivity contribution in [3.63, 3.8) is 0 Å². The van der Waals surface area contributed by atoms with Crippen LogP contribution in [0.1, 0.15) is 104 Å². The predicted molar refractivity (Wildman–Crippen MR) is 214 cm³/mol. The molecule has 0 aromatic rings. The van der Waals surface area contributed by atoms with E-state index in [-0.39, 0.29) is 46.0 Å². The van der Waals surface area contributed by atoms with E-state index < -0.39 is 46.5 Å². The van der Waals surface area contributed by atoms with E-state index in [4.69, 9.17) is 20.5 Å². The number of ether oxygens (including phenoxy) is 2. The van der Waals surface area contributed by atoms with E-state index in [1.807, 2.05) is 6.08 Å². The molecule has 5 saturated carbocycles. The number of aliphatic hydroxyl groups excluding tert-OH is 5. The summed E-state index contributed by atoms with van der Waals surface area (Å²) in [5.74, 6) is 0.535. The predicted octanol–water partition coefficient (Wildman–Crippen LogP) is 6.31. The second kappa shape index (κ2) is 14.2. The Labute approximate surface area is 342 Å². The van der Waals surface area contributed by atoms with Crippen LogP contribution in [-0.2, 0) is 9.47 Å². The van der Waals surface area contributed by atoms with E-state index in [2.05, 4.69) is 86.7 Å². The molecule has 4 spiro atoms. The maximum absolute atomic E-state index is 10.7. The number of thiol groups is 1. The molecule has 1 radical (unpaired) electrons. The first-order valence-corrected chi connectivity index (χ1v) is 21.6. The molecule has 10 aliphatic rings. The van der Waals surface area contributed by atoms with Crippen molar-refractivity contribution in [3.05, 3.63) is 55.8 Å². The molecule has 4 bridgehead atoms. The molecule has 5 N–H and O–H groups in total. The van der Waals surface area contributed by atoms with Gasteiger partial charge in [0.2, 0.25) is 0 Å². The van der Waals surface area contributed by atoms with Crippen LogP contribution in [0.2, 0.25) is 0 Å². The van der Waals surface area contributed by atoms with Gasteiger partial charge in [-0.15, -0.1) is 0 Å². The normalized spacial score (nSPS) is 52.4. The quantitative estimate of drug-likeness (QED) is 0.0360. The summed E-state index contributed by atoms with van der Waals surface area (Å²) >= 11 is 6.83. The third-order valence-corrected chi connectivity index (χ3v) is 18.0. The molecule has 4 heterocycles. The summed E-state index contributed by atoms with van der Waals surface area (Å²) in [4.78, 5) is 5.49. The Hall–Kier alpha value is -1.75. The Morgan fingerprint density at radius 1 is 0.857 bits per heavy atom. The van der Waals surface area contributed by atoms with Crippen LogP contribution in [0.15, 0.2) is 49.5 Å². The molecule has 10 rings (SSSR count). The second-order valence-corrected chi connectivity index (χ2v) is 20.1. The number of fused-ring (bicyclic) bond motifs is 2. The first-order chi connectivity index (χ1) is 26.6. The van der Waals surface area contributed by atoms with Crippen LogP contribution in [-0.4, -0.2) is 104 Å². The van der Waals surface area contributed by atoms with Crippen molar-refractivity contribution >= 4 is 36.4 Å². The summed E-state index contributed by atoms with van der Waals surface area (Å²) in [5.41, 5.74) is 18.6. The van der Waals surface area contributed by atoms with Crippen molar-refractivity contribution in [1.82, 2.24) is 0 Å². The van der Waals surface area contributed by atoms with Gasteiger partial charge in [-0.2, -0.15) is 0 Å².